The maximum absolute atomic E-state index is 12.0. The van der Waals surface area contributed by atoms with E-state index in [9.17, 15) is 14.4 Å². The van der Waals surface area contributed by atoms with Gasteiger partial charge in [-0.1, -0.05) is 17.3 Å². The van der Waals surface area contributed by atoms with E-state index in [0.29, 0.717) is 11.3 Å². The number of hydrogen-bond acceptors (Lipinski definition) is 7. The normalized spacial score (nSPS) is 13.0. The highest BCUT2D eigenvalue weighted by molar-refractivity contribution is 5.93. The highest BCUT2D eigenvalue weighted by Crippen LogP contribution is 2.09. The molecule has 1 aromatic carbocycles. The second-order valence-electron chi connectivity index (χ2n) is 4.78. The minimum absolute atomic E-state index is 0.450. The van der Waals surface area contributed by atoms with Crippen LogP contribution < -0.4 is 10.6 Å². The lowest BCUT2D eigenvalue weighted by atomic mass is 10.2. The molecule has 130 valence electrons. The van der Waals surface area contributed by atoms with E-state index in [2.05, 4.69) is 20.5 Å². The first kappa shape index (κ1) is 18.9. The number of benzene rings is 1. The van der Waals surface area contributed by atoms with Crippen LogP contribution in [0, 0.1) is 0 Å². The van der Waals surface area contributed by atoms with Crippen LogP contribution in [0.5, 0.6) is 0 Å². The van der Waals surface area contributed by atoms with Crippen molar-refractivity contribution in [3.63, 3.8) is 0 Å². The van der Waals surface area contributed by atoms with Gasteiger partial charge in [0.25, 0.3) is 0 Å². The first-order valence-corrected chi connectivity index (χ1v) is 6.97. The van der Waals surface area contributed by atoms with Gasteiger partial charge in [-0.2, -0.15) is 0 Å². The Balaban J connectivity index is 2.73. The molecule has 0 heterocycles. The maximum Gasteiger partial charge on any atom is 0.332 e. The first-order valence-electron chi connectivity index (χ1n) is 6.97. The number of urea groups is 1. The third-order valence-corrected chi connectivity index (χ3v) is 2.94. The van der Waals surface area contributed by atoms with Crippen LogP contribution in [0.4, 0.5) is 10.5 Å². The van der Waals surface area contributed by atoms with E-state index in [1.54, 1.807) is 24.3 Å². The molecular weight excluding hydrogens is 318 g/mol. The number of ether oxygens (including phenoxy) is 2. The molecule has 2 unspecified atom stereocenters. The quantitative estimate of drug-likeness (QED) is 0.309. The van der Waals surface area contributed by atoms with Crippen molar-refractivity contribution in [2.75, 3.05) is 12.4 Å². The molecule has 3 N–H and O–H groups in total. The van der Waals surface area contributed by atoms with Gasteiger partial charge in [-0.3, -0.25) is 4.79 Å². The van der Waals surface area contributed by atoms with Crippen LogP contribution >= 0.6 is 0 Å². The molecule has 0 aromatic heterocycles. The lowest BCUT2D eigenvalue weighted by Gasteiger charge is -2.22. The van der Waals surface area contributed by atoms with Crippen molar-refractivity contribution in [2.24, 2.45) is 5.16 Å². The zero-order chi connectivity index (χ0) is 18.1. The number of carbonyl (C=O) groups excluding carboxylic acids is 3. The molecule has 9 heteroatoms. The second kappa shape index (κ2) is 9.13. The zero-order valence-electron chi connectivity index (χ0n) is 13.5. The molecule has 0 bridgehead atoms. The van der Waals surface area contributed by atoms with Crippen molar-refractivity contribution >= 4 is 29.9 Å². The van der Waals surface area contributed by atoms with Crippen molar-refractivity contribution in [1.82, 2.24) is 5.32 Å². The van der Waals surface area contributed by atoms with Crippen LogP contribution in [0.3, 0.4) is 0 Å². The van der Waals surface area contributed by atoms with Crippen LogP contribution in [0.2, 0.25) is 0 Å². The molecule has 0 aliphatic carbocycles. The van der Waals surface area contributed by atoms with E-state index >= 15 is 0 Å². The largest absolute Gasteiger partial charge is 0.467 e. The Hall–Kier alpha value is -3.10. The molecule has 0 saturated heterocycles. The Bertz CT molecular complexity index is 614. The summed E-state index contributed by atoms with van der Waals surface area (Å²) in [6, 6.07) is 4.58. The average molecular weight is 337 g/mol. The van der Waals surface area contributed by atoms with Crippen LogP contribution in [0.15, 0.2) is 29.4 Å². The Kier molecular flexibility index (Phi) is 7.21. The fourth-order valence-electron chi connectivity index (χ4n) is 1.85. The Morgan fingerprint density at radius 3 is 2.38 bits per heavy atom. The number of amides is 2. The van der Waals surface area contributed by atoms with Gasteiger partial charge in [0.05, 0.1) is 13.3 Å². The standard InChI is InChI=1S/C15H19N3O6/c1-9(24-10(2)19)13(14(20)23-3)18-15(21)17-12-6-4-11(5-7-12)8-16-22/h4-9,13,22H,1-3H3,(H2,17,18,21). The predicted molar refractivity (Wildman–Crippen MR) is 85.0 cm³/mol. The summed E-state index contributed by atoms with van der Waals surface area (Å²) in [5.41, 5.74) is 1.09. The smallest absolute Gasteiger partial charge is 0.332 e. The van der Waals surface area contributed by atoms with Crippen molar-refractivity contribution < 1.29 is 29.1 Å². The number of anilines is 1. The van der Waals surface area contributed by atoms with E-state index < -0.39 is 30.1 Å². The number of hydrogen-bond donors (Lipinski definition) is 3. The highest BCUT2D eigenvalue weighted by Gasteiger charge is 2.30. The number of carbonyl (C=O) groups is 3. The molecule has 1 rings (SSSR count). The third kappa shape index (κ3) is 5.95. The van der Waals surface area contributed by atoms with Crippen LogP contribution in [0.25, 0.3) is 0 Å². The third-order valence-electron chi connectivity index (χ3n) is 2.94. The molecule has 0 spiro atoms. The Morgan fingerprint density at radius 2 is 1.88 bits per heavy atom. The SMILES string of the molecule is COC(=O)C(NC(=O)Nc1ccc(C=NO)cc1)C(C)OC(C)=O. The van der Waals surface area contributed by atoms with Crippen LogP contribution in [-0.2, 0) is 19.1 Å². The van der Waals surface area contributed by atoms with E-state index in [-0.39, 0.29) is 0 Å². The lowest BCUT2D eigenvalue weighted by Crippen LogP contribution is -2.50. The van der Waals surface area contributed by atoms with Crippen LogP contribution in [0.1, 0.15) is 19.4 Å². The lowest BCUT2D eigenvalue weighted by molar-refractivity contribution is -0.154. The molecule has 0 saturated carbocycles. The molecule has 1 aromatic rings. The summed E-state index contributed by atoms with van der Waals surface area (Å²) in [5.74, 6) is -1.33. The molecule has 9 nitrogen and oxygen atoms in total. The monoisotopic (exact) mass is 337 g/mol. The molecule has 2 atom stereocenters. The van der Waals surface area contributed by atoms with Crippen molar-refractivity contribution in [2.45, 2.75) is 26.0 Å². The molecule has 24 heavy (non-hydrogen) atoms. The zero-order valence-corrected chi connectivity index (χ0v) is 13.5. The molecule has 0 aliphatic heterocycles. The van der Waals surface area contributed by atoms with Crippen molar-refractivity contribution in [1.29, 1.82) is 0 Å². The van der Waals surface area contributed by atoms with Gasteiger partial charge < -0.3 is 25.3 Å². The molecular formula is C15H19N3O6. The van der Waals surface area contributed by atoms with E-state index in [4.69, 9.17) is 9.94 Å². The minimum atomic E-state index is -1.15. The predicted octanol–water partition coefficient (Wildman–Crippen LogP) is 1.11. The Morgan fingerprint density at radius 1 is 1.25 bits per heavy atom. The number of oxime groups is 1. The van der Waals surface area contributed by atoms with Gasteiger partial charge in [0.1, 0.15) is 6.10 Å². The summed E-state index contributed by atoms with van der Waals surface area (Å²) in [7, 11) is 1.16. The summed E-state index contributed by atoms with van der Waals surface area (Å²) >= 11 is 0. The number of esters is 2. The minimum Gasteiger partial charge on any atom is -0.467 e. The van der Waals surface area contributed by atoms with Gasteiger partial charge >= 0.3 is 18.0 Å². The summed E-state index contributed by atoms with van der Waals surface area (Å²) in [5, 5.41) is 16.2. The summed E-state index contributed by atoms with van der Waals surface area (Å²) < 4.78 is 9.51. The summed E-state index contributed by atoms with van der Waals surface area (Å²) in [6.45, 7) is 2.66. The van der Waals surface area contributed by atoms with E-state index in [0.717, 1.165) is 7.11 Å². The second-order valence-corrected chi connectivity index (χ2v) is 4.78. The number of rotatable bonds is 6. The van der Waals surface area contributed by atoms with E-state index in [1.165, 1.54) is 20.1 Å². The van der Waals surface area contributed by atoms with Gasteiger partial charge in [0.15, 0.2) is 6.04 Å². The van der Waals surface area contributed by atoms with Gasteiger partial charge in [-0.15, -0.1) is 0 Å². The van der Waals surface area contributed by atoms with E-state index in [1.807, 2.05) is 0 Å². The fraction of sp³-hybridized carbons (Fsp3) is 0.333. The van der Waals surface area contributed by atoms with Crippen molar-refractivity contribution in [3.8, 4) is 0 Å². The molecule has 0 aliphatic rings. The van der Waals surface area contributed by atoms with Gasteiger partial charge in [0.2, 0.25) is 0 Å². The number of methoxy groups -OCH3 is 1. The number of nitrogens with zero attached hydrogens (tertiary/aromatic N) is 1. The van der Waals surface area contributed by atoms with Gasteiger partial charge in [-0.25, -0.2) is 9.59 Å². The molecule has 0 fully saturated rings. The average Bonchev–Trinajstić information content (AvgIpc) is 2.53. The number of nitrogens with one attached hydrogen (secondary N) is 2. The summed E-state index contributed by atoms with van der Waals surface area (Å²) in [6.07, 6.45) is 0.335. The van der Waals surface area contributed by atoms with Gasteiger partial charge in [0, 0.05) is 12.6 Å². The fourth-order valence-corrected chi connectivity index (χ4v) is 1.85. The van der Waals surface area contributed by atoms with Gasteiger partial charge in [-0.05, 0) is 24.6 Å². The van der Waals surface area contributed by atoms with Crippen molar-refractivity contribution in [3.05, 3.63) is 29.8 Å². The first-order chi connectivity index (χ1) is 11.4. The molecule has 0 radical (unpaired) electrons. The summed E-state index contributed by atoms with van der Waals surface area (Å²) in [4.78, 5) is 34.8. The topological polar surface area (TPSA) is 126 Å². The Labute approximate surface area is 138 Å². The highest BCUT2D eigenvalue weighted by atomic mass is 16.6. The maximum atomic E-state index is 12.0. The molecule has 2 amide bonds. The van der Waals surface area contributed by atoms with Crippen LogP contribution in [-0.4, -0.2) is 48.6 Å².